The van der Waals surface area contributed by atoms with Crippen molar-refractivity contribution in [2.24, 2.45) is 0 Å². The molecule has 1 amide bonds. The predicted molar refractivity (Wildman–Crippen MR) is 89.6 cm³/mol. The lowest BCUT2D eigenvalue weighted by Gasteiger charge is -2.20. The van der Waals surface area contributed by atoms with E-state index in [0.29, 0.717) is 26.2 Å². The Morgan fingerprint density at radius 3 is 2.73 bits per heavy atom. The number of fused-ring (bicyclic) bond motifs is 1. The van der Waals surface area contributed by atoms with Crippen molar-refractivity contribution in [3.05, 3.63) is 44.6 Å². The van der Waals surface area contributed by atoms with Crippen LogP contribution in [-0.4, -0.2) is 31.1 Å². The van der Waals surface area contributed by atoms with Gasteiger partial charge in [0.25, 0.3) is 0 Å². The van der Waals surface area contributed by atoms with Crippen LogP contribution >= 0.6 is 27.3 Å². The van der Waals surface area contributed by atoms with Crippen molar-refractivity contribution in [3.8, 4) is 11.5 Å². The Hall–Kier alpha value is -1.53. The number of halogens is 1. The van der Waals surface area contributed by atoms with E-state index in [-0.39, 0.29) is 5.91 Å². The zero-order valence-corrected chi connectivity index (χ0v) is 14.6. The molecule has 0 spiro atoms. The molecular formula is C16H16BrNO3S. The fourth-order valence-electron chi connectivity index (χ4n) is 2.27. The van der Waals surface area contributed by atoms with Crippen molar-refractivity contribution in [3.63, 3.8) is 0 Å². The maximum Gasteiger partial charge on any atom is 0.227 e. The minimum Gasteiger partial charge on any atom is -0.486 e. The van der Waals surface area contributed by atoms with Gasteiger partial charge in [-0.25, -0.2) is 0 Å². The summed E-state index contributed by atoms with van der Waals surface area (Å²) in [6.45, 7) is 1.75. The van der Waals surface area contributed by atoms with Gasteiger partial charge in [0, 0.05) is 11.9 Å². The molecule has 0 unspecified atom stereocenters. The summed E-state index contributed by atoms with van der Waals surface area (Å²) in [5, 5.41) is 0. The second kappa shape index (κ2) is 6.71. The number of carbonyl (C=O) groups excluding carboxylic acids is 1. The molecule has 0 atom stereocenters. The minimum absolute atomic E-state index is 0.0844. The standard InChI is InChI=1S/C16H16BrNO3S/c1-18(10-12-3-5-15(17)22-12)16(19)9-11-2-4-13-14(8-11)21-7-6-20-13/h2-5,8H,6-7,9-10H2,1H3. The van der Waals surface area contributed by atoms with Gasteiger partial charge in [-0.2, -0.15) is 0 Å². The number of benzene rings is 1. The number of carbonyl (C=O) groups is 1. The molecule has 2 aromatic rings. The molecule has 0 saturated carbocycles. The van der Waals surface area contributed by atoms with Gasteiger partial charge in [-0.1, -0.05) is 6.07 Å². The summed E-state index contributed by atoms with van der Waals surface area (Å²) < 4.78 is 12.1. The van der Waals surface area contributed by atoms with Crippen LogP contribution in [0.4, 0.5) is 0 Å². The second-order valence-electron chi connectivity index (χ2n) is 5.11. The Morgan fingerprint density at radius 1 is 1.23 bits per heavy atom. The van der Waals surface area contributed by atoms with E-state index in [1.807, 2.05) is 37.4 Å². The maximum absolute atomic E-state index is 12.3. The monoisotopic (exact) mass is 381 g/mol. The summed E-state index contributed by atoms with van der Waals surface area (Å²) in [5.74, 6) is 1.56. The molecule has 0 fully saturated rings. The van der Waals surface area contributed by atoms with Gasteiger partial charge in [0.2, 0.25) is 5.91 Å². The third-order valence-electron chi connectivity index (χ3n) is 3.41. The summed E-state index contributed by atoms with van der Waals surface area (Å²) in [7, 11) is 1.83. The topological polar surface area (TPSA) is 38.8 Å². The molecule has 6 heteroatoms. The van der Waals surface area contributed by atoms with Gasteiger partial charge in [0.05, 0.1) is 16.8 Å². The number of hydrogen-bond donors (Lipinski definition) is 0. The normalized spacial score (nSPS) is 13.0. The van der Waals surface area contributed by atoms with E-state index in [9.17, 15) is 4.79 Å². The number of ether oxygens (including phenoxy) is 2. The summed E-state index contributed by atoms with van der Waals surface area (Å²) in [4.78, 5) is 15.2. The SMILES string of the molecule is CN(Cc1ccc(Br)s1)C(=O)Cc1ccc2c(c1)OCCO2. The molecular weight excluding hydrogens is 366 g/mol. The van der Waals surface area contributed by atoms with Gasteiger partial charge in [-0.05, 0) is 45.8 Å². The fourth-order valence-corrected chi connectivity index (χ4v) is 3.80. The summed E-state index contributed by atoms with van der Waals surface area (Å²) >= 11 is 5.08. The van der Waals surface area contributed by atoms with E-state index in [4.69, 9.17) is 9.47 Å². The van der Waals surface area contributed by atoms with Crippen molar-refractivity contribution in [1.82, 2.24) is 4.90 Å². The van der Waals surface area contributed by atoms with E-state index < -0.39 is 0 Å². The van der Waals surface area contributed by atoms with Crippen molar-refractivity contribution in [2.75, 3.05) is 20.3 Å². The number of likely N-dealkylation sites (N-methyl/N-ethyl adjacent to an activating group) is 1. The third kappa shape index (κ3) is 3.62. The number of nitrogens with zero attached hydrogens (tertiary/aromatic N) is 1. The largest absolute Gasteiger partial charge is 0.486 e. The third-order valence-corrected chi connectivity index (χ3v) is 5.02. The molecule has 3 rings (SSSR count). The number of hydrogen-bond acceptors (Lipinski definition) is 4. The fraction of sp³-hybridized carbons (Fsp3) is 0.312. The van der Waals surface area contributed by atoms with Crippen LogP contribution in [-0.2, 0) is 17.8 Å². The van der Waals surface area contributed by atoms with Crippen LogP contribution < -0.4 is 9.47 Å². The van der Waals surface area contributed by atoms with Crippen LogP contribution in [0.3, 0.4) is 0 Å². The van der Waals surface area contributed by atoms with Crippen LogP contribution in [0, 0.1) is 0 Å². The van der Waals surface area contributed by atoms with Crippen LogP contribution in [0.1, 0.15) is 10.4 Å². The quantitative estimate of drug-likeness (QED) is 0.813. The van der Waals surface area contributed by atoms with Gasteiger partial charge in [0.15, 0.2) is 11.5 Å². The number of rotatable bonds is 4. The first-order valence-corrected chi connectivity index (χ1v) is 8.59. The molecule has 4 nitrogen and oxygen atoms in total. The Labute approximate surface area is 141 Å². The Bertz CT molecular complexity index is 686. The van der Waals surface area contributed by atoms with Crippen molar-refractivity contribution in [1.29, 1.82) is 0 Å². The van der Waals surface area contributed by atoms with E-state index in [2.05, 4.69) is 15.9 Å². The first-order chi connectivity index (χ1) is 10.6. The highest BCUT2D eigenvalue weighted by Crippen LogP contribution is 2.31. The molecule has 1 aliphatic rings. The van der Waals surface area contributed by atoms with Gasteiger partial charge >= 0.3 is 0 Å². The van der Waals surface area contributed by atoms with E-state index in [1.165, 1.54) is 0 Å². The molecule has 1 aromatic heterocycles. The van der Waals surface area contributed by atoms with Crippen molar-refractivity contribution in [2.45, 2.75) is 13.0 Å². The average Bonchev–Trinajstić information content (AvgIpc) is 2.92. The van der Waals surface area contributed by atoms with Crippen LogP contribution in [0.15, 0.2) is 34.1 Å². The van der Waals surface area contributed by atoms with Gasteiger partial charge < -0.3 is 14.4 Å². The lowest BCUT2D eigenvalue weighted by molar-refractivity contribution is -0.129. The highest BCUT2D eigenvalue weighted by Gasteiger charge is 2.15. The highest BCUT2D eigenvalue weighted by molar-refractivity contribution is 9.11. The molecule has 0 aliphatic carbocycles. The van der Waals surface area contributed by atoms with E-state index in [0.717, 1.165) is 25.7 Å². The van der Waals surface area contributed by atoms with Crippen LogP contribution in [0.25, 0.3) is 0 Å². The van der Waals surface area contributed by atoms with Gasteiger partial charge in [-0.3, -0.25) is 4.79 Å². The minimum atomic E-state index is 0.0844. The summed E-state index contributed by atoms with van der Waals surface area (Å²) in [5.41, 5.74) is 0.938. The first-order valence-electron chi connectivity index (χ1n) is 6.98. The zero-order chi connectivity index (χ0) is 15.5. The summed E-state index contributed by atoms with van der Waals surface area (Å²) in [6.07, 6.45) is 0.361. The van der Waals surface area contributed by atoms with Crippen LogP contribution in [0.5, 0.6) is 11.5 Å². The van der Waals surface area contributed by atoms with Crippen molar-refractivity contribution < 1.29 is 14.3 Å². The molecule has 0 radical (unpaired) electrons. The van der Waals surface area contributed by atoms with Crippen molar-refractivity contribution >= 4 is 33.2 Å². The van der Waals surface area contributed by atoms with E-state index in [1.54, 1.807) is 16.2 Å². The highest BCUT2D eigenvalue weighted by atomic mass is 79.9. The lowest BCUT2D eigenvalue weighted by Crippen LogP contribution is -2.27. The second-order valence-corrected chi connectivity index (χ2v) is 7.66. The smallest absolute Gasteiger partial charge is 0.227 e. The predicted octanol–water partition coefficient (Wildman–Crippen LogP) is 3.48. The van der Waals surface area contributed by atoms with Gasteiger partial charge in [0.1, 0.15) is 13.2 Å². The Kier molecular flexibility index (Phi) is 4.69. The van der Waals surface area contributed by atoms with Gasteiger partial charge in [-0.15, -0.1) is 11.3 Å². The summed E-state index contributed by atoms with van der Waals surface area (Å²) in [6, 6.07) is 9.71. The molecule has 0 N–H and O–H groups in total. The number of thiophene rings is 1. The molecule has 2 heterocycles. The zero-order valence-electron chi connectivity index (χ0n) is 12.2. The number of amides is 1. The molecule has 1 aliphatic heterocycles. The average molecular weight is 382 g/mol. The Balaban J connectivity index is 1.63. The first kappa shape index (κ1) is 15.4. The van der Waals surface area contributed by atoms with E-state index >= 15 is 0 Å². The molecule has 0 saturated heterocycles. The molecule has 1 aromatic carbocycles. The molecule has 0 bridgehead atoms. The Morgan fingerprint density at radius 2 is 2.00 bits per heavy atom. The van der Waals surface area contributed by atoms with Crippen LogP contribution in [0.2, 0.25) is 0 Å². The maximum atomic E-state index is 12.3. The molecule has 116 valence electrons. The molecule has 22 heavy (non-hydrogen) atoms. The lowest BCUT2D eigenvalue weighted by atomic mass is 10.1.